The molecule has 230 valence electrons. The van der Waals surface area contributed by atoms with Crippen molar-refractivity contribution in [3.63, 3.8) is 0 Å². The van der Waals surface area contributed by atoms with Gasteiger partial charge >= 0.3 is 6.18 Å². The van der Waals surface area contributed by atoms with Gasteiger partial charge in [0.15, 0.2) is 5.82 Å². The van der Waals surface area contributed by atoms with Gasteiger partial charge in [-0.3, -0.25) is 14.2 Å². The molecule has 14 heteroatoms. The van der Waals surface area contributed by atoms with Crippen molar-refractivity contribution in [2.24, 2.45) is 5.73 Å². The molecule has 2 N–H and O–H groups in total. The number of rotatable bonds is 5. The van der Waals surface area contributed by atoms with Gasteiger partial charge in [0.1, 0.15) is 17.3 Å². The number of carbonyl (C=O) groups is 1. The Bertz CT molecular complexity index is 1590. The highest BCUT2D eigenvalue weighted by molar-refractivity contribution is 5.94. The lowest BCUT2D eigenvalue weighted by molar-refractivity contribution is -0.138. The Morgan fingerprint density at radius 2 is 1.81 bits per heavy atom. The van der Waals surface area contributed by atoms with Crippen molar-refractivity contribution in [3.05, 3.63) is 69.8 Å². The SMILES string of the molecule is C[C@@H]1CN(c2ccc(-c3c(F)cc(N4CCN(C)[C@@H](C)C4)c(-n4cc(C(N)=O)c(C(F)(F)F)cc4=O)c3F)cn2)CCO1. The van der Waals surface area contributed by atoms with Crippen LogP contribution < -0.4 is 21.1 Å². The number of likely N-dealkylation sites (N-methyl/N-ethyl adjacent to an activating group) is 1. The third kappa shape index (κ3) is 5.93. The molecule has 0 radical (unpaired) electrons. The number of pyridine rings is 2. The highest BCUT2D eigenvalue weighted by Gasteiger charge is 2.37. The van der Waals surface area contributed by atoms with Crippen molar-refractivity contribution in [3.8, 4) is 16.8 Å². The minimum Gasteiger partial charge on any atom is -0.375 e. The third-order valence-electron chi connectivity index (χ3n) is 7.94. The van der Waals surface area contributed by atoms with Crippen LogP contribution in [0, 0.1) is 11.6 Å². The minimum atomic E-state index is -5.07. The molecule has 2 fully saturated rings. The molecule has 9 nitrogen and oxygen atoms in total. The van der Waals surface area contributed by atoms with Gasteiger partial charge in [-0.05, 0) is 33.0 Å². The molecule has 5 rings (SSSR count). The number of alkyl halides is 3. The lowest BCUT2D eigenvalue weighted by atomic mass is 10.0. The molecule has 2 aliphatic heterocycles. The summed E-state index contributed by atoms with van der Waals surface area (Å²) in [5.41, 5.74) is 0.375. The third-order valence-corrected chi connectivity index (χ3v) is 7.94. The van der Waals surface area contributed by atoms with E-state index in [1.54, 1.807) is 11.0 Å². The molecule has 1 aromatic carbocycles. The molecule has 2 aliphatic rings. The van der Waals surface area contributed by atoms with Gasteiger partial charge < -0.3 is 25.2 Å². The number of nitrogens with zero attached hydrogens (tertiary/aromatic N) is 5. The van der Waals surface area contributed by atoms with E-state index < -0.39 is 51.7 Å². The summed E-state index contributed by atoms with van der Waals surface area (Å²) in [5, 5.41) is 0. The van der Waals surface area contributed by atoms with Crippen molar-refractivity contribution in [2.75, 3.05) is 56.2 Å². The fourth-order valence-electron chi connectivity index (χ4n) is 5.48. The molecule has 2 saturated heterocycles. The first-order valence-electron chi connectivity index (χ1n) is 13.7. The Kier molecular flexibility index (Phi) is 8.18. The first-order chi connectivity index (χ1) is 20.3. The molecule has 2 aromatic heterocycles. The molecule has 43 heavy (non-hydrogen) atoms. The van der Waals surface area contributed by atoms with Crippen LogP contribution in [-0.4, -0.2) is 78.9 Å². The number of ether oxygens (including phenoxy) is 1. The Morgan fingerprint density at radius 1 is 1.07 bits per heavy atom. The highest BCUT2D eigenvalue weighted by atomic mass is 19.4. The largest absolute Gasteiger partial charge is 0.417 e. The molecular formula is C29H31F5N6O3. The molecule has 4 heterocycles. The number of hydrogen-bond acceptors (Lipinski definition) is 7. The van der Waals surface area contributed by atoms with Crippen LogP contribution in [-0.2, 0) is 10.9 Å². The molecule has 2 atom stereocenters. The van der Waals surface area contributed by atoms with E-state index in [9.17, 15) is 22.8 Å². The van der Waals surface area contributed by atoms with E-state index in [-0.39, 0.29) is 29.5 Å². The second-order valence-corrected chi connectivity index (χ2v) is 10.9. The Morgan fingerprint density at radius 3 is 2.42 bits per heavy atom. The van der Waals surface area contributed by atoms with E-state index in [1.807, 2.05) is 30.7 Å². The van der Waals surface area contributed by atoms with Gasteiger partial charge in [-0.1, -0.05) is 0 Å². The Hall–Kier alpha value is -4.04. The fourth-order valence-corrected chi connectivity index (χ4v) is 5.48. The van der Waals surface area contributed by atoms with Crippen LogP contribution in [0.15, 0.2) is 41.5 Å². The number of aromatic nitrogens is 2. The summed E-state index contributed by atoms with van der Waals surface area (Å²) in [7, 11) is 1.89. The van der Waals surface area contributed by atoms with Gasteiger partial charge in [0, 0.05) is 68.9 Å². The average Bonchev–Trinajstić information content (AvgIpc) is 2.94. The molecule has 3 aromatic rings. The molecule has 0 unspecified atom stereocenters. The second-order valence-electron chi connectivity index (χ2n) is 10.9. The number of carbonyl (C=O) groups excluding carboxylic acids is 1. The summed E-state index contributed by atoms with van der Waals surface area (Å²) in [6.07, 6.45) is -3.23. The average molecular weight is 607 g/mol. The molecule has 0 aliphatic carbocycles. The standard InChI is InChI=1S/C29H31F5N6O3/c1-16-13-38(7-6-37(16)3)22-11-21(30)25(18-4-5-23(36-12-18)39-8-9-43-17(2)14-39)26(31)27(22)40-15-19(28(35)42)20(10-24(40)41)29(32,33)34/h4-5,10-12,15-17H,6-9,13-14H2,1-3H3,(H2,35,42)/t16-,17+/m0/s1. The zero-order valence-electron chi connectivity index (χ0n) is 23.8. The van der Waals surface area contributed by atoms with Crippen LogP contribution in [0.5, 0.6) is 0 Å². The number of piperazine rings is 1. The van der Waals surface area contributed by atoms with Gasteiger partial charge in [-0.25, -0.2) is 13.8 Å². The lowest BCUT2D eigenvalue weighted by Gasteiger charge is -2.40. The number of amides is 1. The van der Waals surface area contributed by atoms with Crippen molar-refractivity contribution < 1.29 is 31.5 Å². The van der Waals surface area contributed by atoms with Gasteiger partial charge in [0.2, 0.25) is 0 Å². The highest BCUT2D eigenvalue weighted by Crippen LogP contribution is 2.38. The van der Waals surface area contributed by atoms with Crippen LogP contribution in [0.4, 0.5) is 33.5 Å². The second kappa shape index (κ2) is 11.6. The number of primary amides is 1. The van der Waals surface area contributed by atoms with E-state index >= 15 is 8.78 Å². The fraction of sp³-hybridized carbons (Fsp3) is 0.414. The quantitative estimate of drug-likeness (QED) is 0.443. The summed E-state index contributed by atoms with van der Waals surface area (Å²) >= 11 is 0. The number of morpholine rings is 1. The van der Waals surface area contributed by atoms with Crippen LogP contribution in [0.3, 0.4) is 0 Å². The first kappa shape index (κ1) is 30.4. The maximum atomic E-state index is 16.6. The predicted octanol–water partition coefficient (Wildman–Crippen LogP) is 3.66. The van der Waals surface area contributed by atoms with E-state index in [0.717, 1.165) is 6.07 Å². The minimum absolute atomic E-state index is 0.0233. The van der Waals surface area contributed by atoms with Gasteiger partial charge in [0.25, 0.3) is 11.5 Å². The summed E-state index contributed by atoms with van der Waals surface area (Å²) in [4.78, 5) is 35.3. The first-order valence-corrected chi connectivity index (χ1v) is 13.7. The zero-order chi connectivity index (χ0) is 31.2. The van der Waals surface area contributed by atoms with E-state index in [0.29, 0.717) is 55.9 Å². The monoisotopic (exact) mass is 606 g/mol. The van der Waals surface area contributed by atoms with Crippen LogP contribution in [0.1, 0.15) is 29.8 Å². The predicted molar refractivity (Wildman–Crippen MR) is 151 cm³/mol. The van der Waals surface area contributed by atoms with Gasteiger partial charge in [-0.15, -0.1) is 0 Å². The smallest absolute Gasteiger partial charge is 0.375 e. The van der Waals surface area contributed by atoms with Crippen molar-refractivity contribution in [1.82, 2.24) is 14.5 Å². The van der Waals surface area contributed by atoms with E-state index in [2.05, 4.69) is 4.98 Å². The number of hydrogen-bond donors (Lipinski definition) is 1. The normalized spacial score (nSPS) is 20.0. The number of anilines is 2. The molecular weight excluding hydrogens is 575 g/mol. The summed E-state index contributed by atoms with van der Waals surface area (Å²) in [5.74, 6) is -3.04. The van der Waals surface area contributed by atoms with Crippen molar-refractivity contribution in [1.29, 1.82) is 0 Å². The van der Waals surface area contributed by atoms with E-state index in [4.69, 9.17) is 10.5 Å². The summed E-state index contributed by atoms with van der Waals surface area (Å²) < 4.78 is 79.6. The van der Waals surface area contributed by atoms with Crippen LogP contribution in [0.25, 0.3) is 16.8 Å². The van der Waals surface area contributed by atoms with Gasteiger partial charge in [0.05, 0.1) is 35.1 Å². The van der Waals surface area contributed by atoms with Crippen molar-refractivity contribution in [2.45, 2.75) is 32.2 Å². The molecule has 0 bridgehead atoms. The Labute approximate surface area is 244 Å². The lowest BCUT2D eigenvalue weighted by Crippen LogP contribution is -2.50. The maximum Gasteiger partial charge on any atom is 0.417 e. The molecule has 1 amide bonds. The summed E-state index contributed by atoms with van der Waals surface area (Å²) in [6.45, 7) is 6.64. The van der Waals surface area contributed by atoms with Crippen LogP contribution >= 0.6 is 0 Å². The summed E-state index contributed by atoms with van der Waals surface area (Å²) in [6, 6.07) is 4.29. The Balaban J connectivity index is 1.69. The maximum absolute atomic E-state index is 16.6. The van der Waals surface area contributed by atoms with Crippen molar-refractivity contribution >= 4 is 17.4 Å². The van der Waals surface area contributed by atoms with Crippen LogP contribution in [0.2, 0.25) is 0 Å². The van der Waals surface area contributed by atoms with E-state index in [1.165, 1.54) is 12.3 Å². The van der Waals surface area contributed by atoms with Gasteiger partial charge in [-0.2, -0.15) is 13.2 Å². The molecule has 0 spiro atoms. The number of halogens is 5. The molecule has 0 saturated carbocycles. The zero-order valence-corrected chi connectivity index (χ0v) is 23.8. The number of nitrogens with two attached hydrogens (primary N) is 1. The number of benzene rings is 1. The topological polar surface area (TPSA) is 96.9 Å².